The SMILES string of the molecule is Bc1ccc2c(c1)c(C1C(C)CN(P)CC1C)nn2O. The Balaban J connectivity index is 2.11. The second-order valence-electron chi connectivity index (χ2n) is 6.23. The van der Waals surface area contributed by atoms with Crippen LogP contribution in [0.3, 0.4) is 0 Å². The third-order valence-corrected chi connectivity index (χ3v) is 4.85. The first-order valence-electron chi connectivity index (χ1n) is 7.15. The first-order chi connectivity index (χ1) is 9.47. The first kappa shape index (κ1) is 13.9. The Hall–Kier alpha value is -1.06. The molecule has 3 unspecified atom stereocenters. The van der Waals surface area contributed by atoms with Gasteiger partial charge in [0.25, 0.3) is 0 Å². The molecule has 0 amide bonds. The predicted molar refractivity (Wildman–Crippen MR) is 87.4 cm³/mol. The highest BCUT2D eigenvalue weighted by Crippen LogP contribution is 2.39. The predicted octanol–water partition coefficient (Wildman–Crippen LogP) is 0.994. The molecule has 0 bridgehead atoms. The van der Waals surface area contributed by atoms with Gasteiger partial charge in [-0.05, 0) is 17.9 Å². The minimum atomic E-state index is 0.393. The summed E-state index contributed by atoms with van der Waals surface area (Å²) in [7, 11) is 4.89. The molecule has 1 aliphatic heterocycles. The third kappa shape index (κ3) is 2.23. The Morgan fingerprint density at radius 3 is 2.60 bits per heavy atom. The standard InChI is InChI=1S/C14H21BN3OP/c1-8-6-17(20)7-9(2)13(8)14-11-5-10(15)3-4-12(11)18(19)16-14/h3-5,8-9,13,19H,6-7,15,20H2,1-2H3. The maximum Gasteiger partial charge on any atom is 0.139 e. The molecule has 6 heteroatoms. The summed E-state index contributed by atoms with van der Waals surface area (Å²) in [6.45, 7) is 6.64. The normalized spacial score (nSPS) is 28.1. The maximum atomic E-state index is 10.0. The summed E-state index contributed by atoms with van der Waals surface area (Å²) in [5.41, 5.74) is 3.05. The van der Waals surface area contributed by atoms with Gasteiger partial charge in [0.05, 0.1) is 5.69 Å². The van der Waals surface area contributed by atoms with Gasteiger partial charge < -0.3 is 5.21 Å². The molecule has 3 atom stereocenters. The lowest BCUT2D eigenvalue weighted by Gasteiger charge is -2.38. The van der Waals surface area contributed by atoms with Gasteiger partial charge >= 0.3 is 0 Å². The monoisotopic (exact) mass is 289 g/mol. The molecule has 2 aromatic rings. The Bertz CT molecular complexity index is 633. The Morgan fingerprint density at radius 2 is 1.95 bits per heavy atom. The number of hydrogen-bond acceptors (Lipinski definition) is 3. The Morgan fingerprint density at radius 1 is 1.30 bits per heavy atom. The van der Waals surface area contributed by atoms with E-state index in [1.165, 1.54) is 5.46 Å². The van der Waals surface area contributed by atoms with Crippen LogP contribution < -0.4 is 5.46 Å². The average Bonchev–Trinajstić information content (AvgIpc) is 2.65. The number of nitrogens with zero attached hydrogens (tertiary/aromatic N) is 3. The van der Waals surface area contributed by atoms with Gasteiger partial charge in [0, 0.05) is 24.4 Å². The van der Waals surface area contributed by atoms with E-state index in [0.717, 1.165) is 34.5 Å². The number of benzene rings is 1. The Kier molecular flexibility index (Phi) is 3.51. The van der Waals surface area contributed by atoms with Crippen LogP contribution in [0.15, 0.2) is 18.2 Å². The van der Waals surface area contributed by atoms with Crippen LogP contribution in [0.2, 0.25) is 0 Å². The van der Waals surface area contributed by atoms with Crippen molar-refractivity contribution in [3.63, 3.8) is 0 Å². The van der Waals surface area contributed by atoms with Crippen molar-refractivity contribution < 1.29 is 5.21 Å². The van der Waals surface area contributed by atoms with Gasteiger partial charge in [-0.2, -0.15) is 0 Å². The fourth-order valence-corrected chi connectivity index (χ4v) is 4.29. The highest BCUT2D eigenvalue weighted by atomic mass is 31.0. The van der Waals surface area contributed by atoms with Crippen molar-refractivity contribution >= 4 is 33.6 Å². The molecule has 0 spiro atoms. The van der Waals surface area contributed by atoms with Crippen molar-refractivity contribution in [2.45, 2.75) is 19.8 Å². The lowest BCUT2D eigenvalue weighted by molar-refractivity contribution is 0.150. The van der Waals surface area contributed by atoms with E-state index in [4.69, 9.17) is 0 Å². The molecule has 4 nitrogen and oxygen atoms in total. The summed E-state index contributed by atoms with van der Waals surface area (Å²) < 4.78 is 2.30. The van der Waals surface area contributed by atoms with E-state index in [9.17, 15) is 5.21 Å². The van der Waals surface area contributed by atoms with Crippen molar-refractivity contribution in [1.29, 1.82) is 0 Å². The van der Waals surface area contributed by atoms with Gasteiger partial charge in [-0.3, -0.25) is 4.67 Å². The van der Waals surface area contributed by atoms with Gasteiger partial charge in [-0.15, -0.1) is 9.94 Å². The molecular weight excluding hydrogens is 268 g/mol. The molecule has 106 valence electrons. The molecule has 1 aromatic heterocycles. The van der Waals surface area contributed by atoms with Crippen LogP contribution in [0, 0.1) is 11.8 Å². The van der Waals surface area contributed by atoms with Crippen molar-refractivity contribution in [2.75, 3.05) is 13.1 Å². The van der Waals surface area contributed by atoms with Crippen LogP contribution in [-0.2, 0) is 0 Å². The van der Waals surface area contributed by atoms with Gasteiger partial charge in [0.2, 0.25) is 0 Å². The molecule has 1 aliphatic rings. The average molecular weight is 289 g/mol. The summed E-state index contributed by atoms with van der Waals surface area (Å²) in [5, 5.41) is 15.5. The third-order valence-electron chi connectivity index (χ3n) is 4.43. The van der Waals surface area contributed by atoms with Gasteiger partial charge in [-0.25, -0.2) is 0 Å². The zero-order valence-electron chi connectivity index (χ0n) is 12.2. The van der Waals surface area contributed by atoms with E-state index >= 15 is 0 Å². The van der Waals surface area contributed by atoms with Crippen molar-refractivity contribution in [3.05, 3.63) is 23.9 Å². The van der Waals surface area contributed by atoms with Gasteiger partial charge in [0.1, 0.15) is 13.4 Å². The number of rotatable bonds is 1. The largest absolute Gasteiger partial charge is 0.411 e. The second-order valence-corrected chi connectivity index (χ2v) is 6.96. The first-order valence-corrected chi connectivity index (χ1v) is 7.67. The summed E-state index contributed by atoms with van der Waals surface area (Å²) >= 11 is 0. The van der Waals surface area contributed by atoms with Crippen LogP contribution in [0.25, 0.3) is 10.9 Å². The summed E-state index contributed by atoms with van der Waals surface area (Å²) in [5.74, 6) is 1.44. The lowest BCUT2D eigenvalue weighted by Crippen LogP contribution is -2.38. The molecule has 20 heavy (non-hydrogen) atoms. The molecule has 1 saturated heterocycles. The molecule has 1 aromatic carbocycles. The minimum absolute atomic E-state index is 0.393. The smallest absolute Gasteiger partial charge is 0.139 e. The van der Waals surface area contributed by atoms with E-state index in [1.54, 1.807) is 0 Å². The molecular formula is C14H21BN3OP. The van der Waals surface area contributed by atoms with Crippen LogP contribution >= 0.6 is 9.39 Å². The van der Waals surface area contributed by atoms with Crippen LogP contribution in [0.5, 0.6) is 0 Å². The van der Waals surface area contributed by atoms with Crippen molar-refractivity contribution in [3.8, 4) is 0 Å². The topological polar surface area (TPSA) is 41.3 Å². The zero-order valence-corrected chi connectivity index (χ0v) is 13.4. The molecule has 0 radical (unpaired) electrons. The molecule has 3 rings (SSSR count). The molecule has 2 heterocycles. The highest BCUT2D eigenvalue weighted by molar-refractivity contribution is 7.13. The maximum absolute atomic E-state index is 10.0. The van der Waals surface area contributed by atoms with Crippen molar-refractivity contribution in [2.24, 2.45) is 11.8 Å². The van der Waals surface area contributed by atoms with E-state index in [2.05, 4.69) is 46.9 Å². The minimum Gasteiger partial charge on any atom is -0.411 e. The van der Waals surface area contributed by atoms with Crippen LogP contribution in [-0.4, -0.2) is 40.8 Å². The summed E-state index contributed by atoms with van der Waals surface area (Å²) in [6.07, 6.45) is 0. The number of aromatic nitrogens is 2. The molecule has 0 aliphatic carbocycles. The van der Waals surface area contributed by atoms with Crippen LogP contribution in [0.4, 0.5) is 0 Å². The number of hydrogen-bond donors (Lipinski definition) is 1. The molecule has 1 N–H and O–H groups in total. The lowest BCUT2D eigenvalue weighted by atomic mass is 9.77. The molecule has 1 fully saturated rings. The van der Waals surface area contributed by atoms with E-state index in [1.807, 2.05) is 12.1 Å². The number of piperidine rings is 1. The summed E-state index contributed by atoms with van der Waals surface area (Å²) in [6, 6.07) is 6.09. The van der Waals surface area contributed by atoms with E-state index < -0.39 is 0 Å². The quantitative estimate of drug-likeness (QED) is 0.483. The summed E-state index contributed by atoms with van der Waals surface area (Å²) in [4.78, 5) is 1.04. The van der Waals surface area contributed by atoms with E-state index in [0.29, 0.717) is 17.8 Å². The zero-order chi connectivity index (χ0) is 14.4. The fraction of sp³-hybridized carbons (Fsp3) is 0.500. The van der Waals surface area contributed by atoms with Gasteiger partial charge in [0.15, 0.2) is 0 Å². The Labute approximate surface area is 122 Å². The van der Waals surface area contributed by atoms with E-state index in [-0.39, 0.29) is 0 Å². The van der Waals surface area contributed by atoms with Gasteiger partial charge in [-0.1, -0.05) is 40.8 Å². The fourth-order valence-electron chi connectivity index (χ4n) is 3.63. The molecule has 0 saturated carbocycles. The second kappa shape index (κ2) is 5.05. The number of fused-ring (bicyclic) bond motifs is 1. The van der Waals surface area contributed by atoms with Crippen molar-refractivity contribution in [1.82, 2.24) is 14.6 Å². The van der Waals surface area contributed by atoms with Crippen LogP contribution in [0.1, 0.15) is 25.5 Å². The highest BCUT2D eigenvalue weighted by Gasteiger charge is 2.34.